The molecule has 122 valence electrons. The highest BCUT2D eigenvalue weighted by atomic mass is 16.5. The minimum atomic E-state index is -0.0486. The number of aromatic nitrogens is 3. The summed E-state index contributed by atoms with van der Waals surface area (Å²) >= 11 is 0. The van der Waals surface area contributed by atoms with Crippen molar-refractivity contribution in [3.05, 3.63) is 66.3 Å². The summed E-state index contributed by atoms with van der Waals surface area (Å²) in [6.07, 6.45) is 4.05. The van der Waals surface area contributed by atoms with Crippen molar-refractivity contribution in [3.63, 3.8) is 0 Å². The van der Waals surface area contributed by atoms with Crippen LogP contribution in [0.2, 0.25) is 0 Å². The summed E-state index contributed by atoms with van der Waals surface area (Å²) in [5.74, 6) is 0.875. The average Bonchev–Trinajstić information content (AvgIpc) is 3.10. The molecule has 1 unspecified atom stereocenters. The van der Waals surface area contributed by atoms with Crippen molar-refractivity contribution in [1.82, 2.24) is 20.4 Å². The van der Waals surface area contributed by atoms with Crippen molar-refractivity contribution in [2.24, 2.45) is 0 Å². The molecule has 0 aliphatic carbocycles. The standard InChI is InChI=1S/C18H18N4O2/c1-13(14-6-3-2-4-7-14)20-16(23)9-10-17-21-18(22-24-17)15-8-5-11-19-12-15/h2-8,11-13H,9-10H2,1H3,(H,20,23). The van der Waals surface area contributed by atoms with E-state index in [0.29, 0.717) is 24.6 Å². The van der Waals surface area contributed by atoms with Gasteiger partial charge in [0.25, 0.3) is 0 Å². The molecule has 2 heterocycles. The molecule has 24 heavy (non-hydrogen) atoms. The topological polar surface area (TPSA) is 80.9 Å². The molecule has 1 atom stereocenters. The molecule has 0 fully saturated rings. The van der Waals surface area contributed by atoms with Gasteiger partial charge in [-0.15, -0.1) is 0 Å². The minimum Gasteiger partial charge on any atom is -0.350 e. The third-order valence-electron chi connectivity index (χ3n) is 3.63. The van der Waals surface area contributed by atoms with Gasteiger partial charge < -0.3 is 9.84 Å². The molecular formula is C18H18N4O2. The van der Waals surface area contributed by atoms with Crippen molar-refractivity contribution >= 4 is 5.91 Å². The van der Waals surface area contributed by atoms with Gasteiger partial charge in [-0.3, -0.25) is 9.78 Å². The SMILES string of the molecule is CC(NC(=O)CCc1nc(-c2cccnc2)no1)c1ccccc1. The van der Waals surface area contributed by atoms with Crippen LogP contribution in [0.5, 0.6) is 0 Å². The first kappa shape index (κ1) is 15.9. The third-order valence-corrected chi connectivity index (χ3v) is 3.63. The van der Waals surface area contributed by atoms with Crippen LogP contribution in [-0.4, -0.2) is 21.0 Å². The summed E-state index contributed by atoms with van der Waals surface area (Å²) in [6.45, 7) is 1.96. The Balaban J connectivity index is 1.53. The number of hydrogen-bond acceptors (Lipinski definition) is 5. The lowest BCUT2D eigenvalue weighted by molar-refractivity contribution is -0.121. The smallest absolute Gasteiger partial charge is 0.227 e. The van der Waals surface area contributed by atoms with Crippen molar-refractivity contribution in [2.75, 3.05) is 0 Å². The number of amides is 1. The van der Waals surface area contributed by atoms with Crippen LogP contribution in [0.4, 0.5) is 0 Å². The Bertz CT molecular complexity index is 787. The maximum absolute atomic E-state index is 12.1. The van der Waals surface area contributed by atoms with Crippen LogP contribution in [0.1, 0.15) is 30.8 Å². The molecule has 0 aliphatic rings. The lowest BCUT2D eigenvalue weighted by Gasteiger charge is -2.13. The number of pyridine rings is 1. The highest BCUT2D eigenvalue weighted by molar-refractivity contribution is 5.76. The summed E-state index contributed by atoms with van der Waals surface area (Å²) < 4.78 is 5.19. The van der Waals surface area contributed by atoms with Crippen LogP contribution in [0.25, 0.3) is 11.4 Å². The van der Waals surface area contributed by atoms with Gasteiger partial charge in [0.2, 0.25) is 17.6 Å². The van der Waals surface area contributed by atoms with Crippen molar-refractivity contribution in [3.8, 4) is 11.4 Å². The average molecular weight is 322 g/mol. The molecule has 0 radical (unpaired) electrons. The second kappa shape index (κ2) is 7.50. The lowest BCUT2D eigenvalue weighted by atomic mass is 10.1. The zero-order valence-electron chi connectivity index (χ0n) is 13.3. The van der Waals surface area contributed by atoms with Gasteiger partial charge >= 0.3 is 0 Å². The normalized spacial score (nSPS) is 11.9. The van der Waals surface area contributed by atoms with E-state index in [1.165, 1.54) is 0 Å². The molecule has 0 bridgehead atoms. The van der Waals surface area contributed by atoms with Gasteiger partial charge in [-0.05, 0) is 24.6 Å². The van der Waals surface area contributed by atoms with E-state index < -0.39 is 0 Å². The van der Waals surface area contributed by atoms with Crippen LogP contribution < -0.4 is 5.32 Å². The van der Waals surface area contributed by atoms with Crippen molar-refractivity contribution < 1.29 is 9.32 Å². The zero-order valence-corrected chi connectivity index (χ0v) is 13.3. The molecule has 3 rings (SSSR count). The number of nitrogens with zero attached hydrogens (tertiary/aromatic N) is 3. The summed E-state index contributed by atoms with van der Waals surface area (Å²) in [5, 5.41) is 6.88. The molecule has 1 amide bonds. The fraction of sp³-hybridized carbons (Fsp3) is 0.222. The highest BCUT2D eigenvalue weighted by Gasteiger charge is 2.13. The van der Waals surface area contributed by atoms with Gasteiger partial charge in [-0.25, -0.2) is 0 Å². The van der Waals surface area contributed by atoms with E-state index in [2.05, 4.69) is 20.4 Å². The first-order valence-electron chi connectivity index (χ1n) is 7.79. The fourth-order valence-electron chi connectivity index (χ4n) is 2.33. The first-order valence-corrected chi connectivity index (χ1v) is 7.79. The van der Waals surface area contributed by atoms with E-state index in [0.717, 1.165) is 11.1 Å². The van der Waals surface area contributed by atoms with Crippen molar-refractivity contribution in [2.45, 2.75) is 25.8 Å². The van der Waals surface area contributed by atoms with Crippen LogP contribution >= 0.6 is 0 Å². The monoisotopic (exact) mass is 322 g/mol. The molecule has 3 aromatic rings. The molecule has 0 saturated heterocycles. The maximum Gasteiger partial charge on any atom is 0.227 e. The second-order valence-electron chi connectivity index (χ2n) is 5.45. The number of carbonyl (C=O) groups is 1. The number of rotatable bonds is 6. The second-order valence-corrected chi connectivity index (χ2v) is 5.45. The van der Waals surface area contributed by atoms with E-state index in [9.17, 15) is 4.79 Å². The Morgan fingerprint density at radius 2 is 2.04 bits per heavy atom. The molecule has 1 N–H and O–H groups in total. The fourth-order valence-corrected chi connectivity index (χ4v) is 2.33. The number of benzene rings is 1. The van der Waals surface area contributed by atoms with Crippen LogP contribution in [-0.2, 0) is 11.2 Å². The van der Waals surface area contributed by atoms with Crippen LogP contribution in [0, 0.1) is 0 Å². The number of carbonyl (C=O) groups excluding carboxylic acids is 1. The van der Waals surface area contributed by atoms with E-state index in [1.54, 1.807) is 12.4 Å². The van der Waals surface area contributed by atoms with E-state index in [1.807, 2.05) is 49.4 Å². The molecule has 2 aromatic heterocycles. The minimum absolute atomic E-state index is 0.0349. The quantitative estimate of drug-likeness (QED) is 0.754. The van der Waals surface area contributed by atoms with Gasteiger partial charge in [-0.2, -0.15) is 4.98 Å². The molecule has 1 aromatic carbocycles. The lowest BCUT2D eigenvalue weighted by Crippen LogP contribution is -2.26. The summed E-state index contributed by atoms with van der Waals surface area (Å²) in [5.41, 5.74) is 1.86. The van der Waals surface area contributed by atoms with Gasteiger partial charge in [0, 0.05) is 30.8 Å². The maximum atomic E-state index is 12.1. The van der Waals surface area contributed by atoms with Gasteiger partial charge in [0.15, 0.2) is 0 Å². The summed E-state index contributed by atoms with van der Waals surface area (Å²) in [4.78, 5) is 20.4. The molecule has 0 spiro atoms. The number of aryl methyl sites for hydroxylation is 1. The van der Waals surface area contributed by atoms with Crippen molar-refractivity contribution in [1.29, 1.82) is 0 Å². The zero-order chi connectivity index (χ0) is 16.8. The van der Waals surface area contributed by atoms with Gasteiger partial charge in [0.1, 0.15) is 0 Å². The molecule has 0 aliphatic heterocycles. The van der Waals surface area contributed by atoms with Crippen LogP contribution in [0.15, 0.2) is 59.4 Å². The van der Waals surface area contributed by atoms with E-state index >= 15 is 0 Å². The third kappa shape index (κ3) is 4.04. The molecule has 6 heteroatoms. The highest BCUT2D eigenvalue weighted by Crippen LogP contribution is 2.15. The summed E-state index contributed by atoms with van der Waals surface area (Å²) in [7, 11) is 0. The predicted octanol–water partition coefficient (Wildman–Crippen LogP) is 2.94. The number of hydrogen-bond donors (Lipinski definition) is 1. The Hall–Kier alpha value is -3.02. The first-order chi connectivity index (χ1) is 11.7. The Morgan fingerprint density at radius 1 is 1.21 bits per heavy atom. The van der Waals surface area contributed by atoms with Gasteiger partial charge in [0.05, 0.1) is 6.04 Å². The number of nitrogens with one attached hydrogen (secondary N) is 1. The van der Waals surface area contributed by atoms with E-state index in [4.69, 9.17) is 4.52 Å². The van der Waals surface area contributed by atoms with E-state index in [-0.39, 0.29) is 11.9 Å². The molecular weight excluding hydrogens is 304 g/mol. The Morgan fingerprint density at radius 3 is 2.79 bits per heavy atom. The molecule has 6 nitrogen and oxygen atoms in total. The van der Waals surface area contributed by atoms with Gasteiger partial charge in [-0.1, -0.05) is 35.5 Å². The summed E-state index contributed by atoms with van der Waals surface area (Å²) in [6, 6.07) is 13.5. The predicted molar refractivity (Wildman–Crippen MR) is 88.8 cm³/mol. The largest absolute Gasteiger partial charge is 0.350 e. The Kier molecular flexibility index (Phi) is 4.96. The Labute approximate surface area is 139 Å². The van der Waals surface area contributed by atoms with Crippen LogP contribution in [0.3, 0.4) is 0 Å². The molecule has 0 saturated carbocycles.